The maximum absolute atomic E-state index is 13.9. The number of nitrogens with one attached hydrogen (secondary N) is 1. The van der Waals surface area contributed by atoms with Gasteiger partial charge in [-0.3, -0.25) is 4.79 Å². The Morgan fingerprint density at radius 1 is 1.03 bits per heavy atom. The zero-order chi connectivity index (χ0) is 25.4. The minimum atomic E-state index is -4.53. The highest BCUT2D eigenvalue weighted by Crippen LogP contribution is 2.36. The fourth-order valence-electron chi connectivity index (χ4n) is 4.52. The zero-order valence-electron chi connectivity index (χ0n) is 19.4. The summed E-state index contributed by atoms with van der Waals surface area (Å²) in [6.07, 6.45) is -1.87. The molecule has 0 aromatic carbocycles. The molecule has 4 heterocycles. The second-order valence-electron chi connectivity index (χ2n) is 9.20. The molecule has 2 aliphatic rings. The molecule has 2 fully saturated rings. The number of carbonyl (C=O) groups excluding carboxylic acids is 1. The summed E-state index contributed by atoms with van der Waals surface area (Å²) in [6, 6.07) is 3.41. The van der Waals surface area contributed by atoms with Crippen molar-refractivity contribution in [1.29, 1.82) is 0 Å². The molecule has 190 valence electrons. The van der Waals surface area contributed by atoms with Crippen molar-refractivity contribution in [1.82, 2.24) is 19.9 Å². The van der Waals surface area contributed by atoms with Crippen molar-refractivity contribution in [2.24, 2.45) is 5.92 Å². The fourth-order valence-corrected chi connectivity index (χ4v) is 4.52. The second-order valence-corrected chi connectivity index (χ2v) is 9.20. The second kappa shape index (κ2) is 9.54. The van der Waals surface area contributed by atoms with Crippen molar-refractivity contribution >= 4 is 23.5 Å². The lowest BCUT2D eigenvalue weighted by atomic mass is 9.93. The van der Waals surface area contributed by atoms with E-state index in [1.54, 1.807) is 15.9 Å². The molecule has 35 heavy (non-hydrogen) atoms. The minimum Gasteiger partial charge on any atom is -0.343 e. The van der Waals surface area contributed by atoms with Crippen molar-refractivity contribution < 1.29 is 26.7 Å². The van der Waals surface area contributed by atoms with E-state index in [9.17, 15) is 26.7 Å². The lowest BCUT2D eigenvalue weighted by Gasteiger charge is -2.31. The van der Waals surface area contributed by atoms with E-state index in [0.29, 0.717) is 38.2 Å². The van der Waals surface area contributed by atoms with Gasteiger partial charge in [-0.1, -0.05) is 0 Å². The molecule has 1 N–H and O–H groups in total. The number of nitrogens with zero attached hydrogens (tertiary/aromatic N) is 5. The van der Waals surface area contributed by atoms with Crippen LogP contribution in [0.4, 0.5) is 39.5 Å². The molecule has 4 rings (SSSR count). The summed E-state index contributed by atoms with van der Waals surface area (Å²) in [5.41, 5.74) is -0.201. The monoisotopic (exact) mass is 498 g/mol. The highest BCUT2D eigenvalue weighted by molar-refractivity contribution is 5.73. The van der Waals surface area contributed by atoms with Crippen molar-refractivity contribution in [3.63, 3.8) is 0 Å². The van der Waals surface area contributed by atoms with E-state index in [-0.39, 0.29) is 42.4 Å². The molecule has 1 atom stereocenters. The molecular weight excluding hydrogens is 471 g/mol. The fraction of sp³-hybridized carbons (Fsp3) is 0.565. The van der Waals surface area contributed by atoms with Crippen LogP contribution in [0.25, 0.3) is 0 Å². The van der Waals surface area contributed by atoms with Crippen molar-refractivity contribution in [3.8, 4) is 0 Å². The number of amides is 1. The summed E-state index contributed by atoms with van der Waals surface area (Å²) in [4.78, 5) is 28.1. The molecule has 2 aromatic rings. The van der Waals surface area contributed by atoms with Gasteiger partial charge in [0.2, 0.25) is 17.8 Å². The van der Waals surface area contributed by atoms with Gasteiger partial charge in [0.15, 0.2) is 0 Å². The molecule has 0 radical (unpaired) electrons. The highest BCUT2D eigenvalue weighted by Gasteiger charge is 2.40. The standard InChI is InChI=1S/C23H27F5N6O/c1-14(35)33-8-4-15(5-9-33)18-12-20(31-19-11-16(3-7-29-19)23(26,27)28)32-21(30-18)34-10-6-17(13-34)22(2,24)25/h3,7,11-12,15,17H,4-6,8-10,13H2,1-2H3,(H,29,30,31,32). The molecule has 7 nitrogen and oxygen atoms in total. The van der Waals surface area contributed by atoms with E-state index < -0.39 is 23.6 Å². The third kappa shape index (κ3) is 5.96. The minimum absolute atomic E-state index is 0.00611. The molecule has 12 heteroatoms. The largest absolute Gasteiger partial charge is 0.416 e. The van der Waals surface area contributed by atoms with Crippen molar-refractivity contribution in [3.05, 3.63) is 35.7 Å². The van der Waals surface area contributed by atoms with Gasteiger partial charge in [0.05, 0.1) is 11.3 Å². The first-order valence-corrected chi connectivity index (χ1v) is 11.5. The highest BCUT2D eigenvalue weighted by atomic mass is 19.4. The Morgan fingerprint density at radius 2 is 1.74 bits per heavy atom. The van der Waals surface area contributed by atoms with E-state index >= 15 is 0 Å². The predicted octanol–water partition coefficient (Wildman–Crippen LogP) is 4.84. The number of pyridine rings is 1. The van der Waals surface area contributed by atoms with Gasteiger partial charge >= 0.3 is 6.18 Å². The maximum atomic E-state index is 13.9. The van der Waals surface area contributed by atoms with Gasteiger partial charge in [-0.25, -0.2) is 18.7 Å². The maximum Gasteiger partial charge on any atom is 0.416 e. The Balaban J connectivity index is 1.63. The van der Waals surface area contributed by atoms with Gasteiger partial charge < -0.3 is 15.1 Å². The van der Waals surface area contributed by atoms with Gasteiger partial charge in [0, 0.05) is 57.2 Å². The molecule has 0 bridgehead atoms. The summed E-state index contributed by atoms with van der Waals surface area (Å²) in [7, 11) is 0. The van der Waals surface area contributed by atoms with Crippen LogP contribution in [0.3, 0.4) is 0 Å². The number of likely N-dealkylation sites (tertiary alicyclic amines) is 1. The van der Waals surface area contributed by atoms with Crippen LogP contribution in [0.15, 0.2) is 24.4 Å². The van der Waals surface area contributed by atoms with Crippen LogP contribution < -0.4 is 10.2 Å². The SMILES string of the molecule is CC(=O)N1CCC(c2cc(Nc3cc(C(F)(F)F)ccn3)nc(N3CCC(C(C)(F)F)C3)n2)CC1. The van der Waals surface area contributed by atoms with Crippen LogP contribution in [0.5, 0.6) is 0 Å². The Labute approximate surface area is 199 Å². The number of aromatic nitrogens is 3. The number of alkyl halides is 5. The molecule has 2 saturated heterocycles. The van der Waals surface area contributed by atoms with E-state index in [1.165, 1.54) is 6.92 Å². The van der Waals surface area contributed by atoms with Gasteiger partial charge in [-0.2, -0.15) is 18.2 Å². The number of hydrogen-bond acceptors (Lipinski definition) is 6. The molecule has 0 aliphatic carbocycles. The summed E-state index contributed by atoms with van der Waals surface area (Å²) >= 11 is 0. The van der Waals surface area contributed by atoms with Crippen LogP contribution in [-0.2, 0) is 11.0 Å². The zero-order valence-corrected chi connectivity index (χ0v) is 19.4. The van der Waals surface area contributed by atoms with Crippen LogP contribution in [0, 0.1) is 5.92 Å². The number of rotatable bonds is 5. The molecule has 0 spiro atoms. The Kier molecular flexibility index (Phi) is 6.83. The van der Waals surface area contributed by atoms with E-state index in [1.807, 2.05) is 0 Å². The topological polar surface area (TPSA) is 74.2 Å². The van der Waals surface area contributed by atoms with Gasteiger partial charge in [0.25, 0.3) is 0 Å². The van der Waals surface area contributed by atoms with Crippen LogP contribution >= 0.6 is 0 Å². The number of anilines is 3. The Hall–Kier alpha value is -3.05. The van der Waals surface area contributed by atoms with Gasteiger partial charge in [0.1, 0.15) is 11.6 Å². The van der Waals surface area contributed by atoms with Gasteiger partial charge in [-0.15, -0.1) is 0 Å². The third-order valence-corrected chi connectivity index (χ3v) is 6.62. The predicted molar refractivity (Wildman–Crippen MR) is 120 cm³/mol. The number of piperidine rings is 1. The molecule has 2 aromatic heterocycles. The van der Waals surface area contributed by atoms with Gasteiger partial charge in [-0.05, 0) is 38.3 Å². The smallest absolute Gasteiger partial charge is 0.343 e. The third-order valence-electron chi connectivity index (χ3n) is 6.62. The summed E-state index contributed by atoms with van der Waals surface area (Å²) in [5.74, 6) is -3.25. The first kappa shape index (κ1) is 25.1. The lowest BCUT2D eigenvalue weighted by molar-refractivity contribution is -0.137. The number of hydrogen-bond donors (Lipinski definition) is 1. The van der Waals surface area contributed by atoms with Crippen LogP contribution in [-0.4, -0.2) is 57.9 Å². The first-order valence-electron chi connectivity index (χ1n) is 11.5. The van der Waals surface area contributed by atoms with E-state index in [2.05, 4.69) is 20.3 Å². The van der Waals surface area contributed by atoms with Crippen molar-refractivity contribution in [2.75, 3.05) is 36.4 Å². The Bertz CT molecular complexity index is 1070. The average molecular weight is 499 g/mol. The van der Waals surface area contributed by atoms with E-state index in [0.717, 1.165) is 25.3 Å². The Morgan fingerprint density at radius 3 is 2.34 bits per heavy atom. The summed E-state index contributed by atoms with van der Waals surface area (Å²) in [6.45, 7) is 3.96. The molecule has 1 unspecified atom stereocenters. The van der Waals surface area contributed by atoms with Crippen LogP contribution in [0.2, 0.25) is 0 Å². The normalized spacial score (nSPS) is 19.8. The number of halogens is 5. The first-order chi connectivity index (χ1) is 16.4. The molecular formula is C23H27F5N6O. The summed E-state index contributed by atoms with van der Waals surface area (Å²) < 4.78 is 67.1. The lowest BCUT2D eigenvalue weighted by Crippen LogP contribution is -2.36. The summed E-state index contributed by atoms with van der Waals surface area (Å²) in [5, 5.41) is 2.83. The molecule has 0 saturated carbocycles. The quantitative estimate of drug-likeness (QED) is 0.595. The van der Waals surface area contributed by atoms with E-state index in [4.69, 9.17) is 0 Å². The van der Waals surface area contributed by atoms with Crippen molar-refractivity contribution in [2.45, 2.75) is 51.1 Å². The number of carbonyl (C=O) groups is 1. The molecule has 2 aliphatic heterocycles. The molecule has 1 amide bonds. The average Bonchev–Trinajstić information content (AvgIpc) is 3.30. The van der Waals surface area contributed by atoms with Crippen LogP contribution in [0.1, 0.15) is 50.3 Å².